The zero-order valence-corrected chi connectivity index (χ0v) is 11.9. The molecular formula is C13H14N8O2. The first kappa shape index (κ1) is 15.8. The lowest BCUT2D eigenvalue weighted by atomic mass is 10.1. The summed E-state index contributed by atoms with van der Waals surface area (Å²) in [6, 6.07) is 3.08. The number of aromatic nitrogens is 5. The molecule has 3 heterocycles. The number of amides is 2. The highest BCUT2D eigenvalue weighted by atomic mass is 16.1. The summed E-state index contributed by atoms with van der Waals surface area (Å²) in [6.45, 7) is 0. The Morgan fingerprint density at radius 1 is 1.13 bits per heavy atom. The van der Waals surface area contributed by atoms with Crippen LogP contribution in [0.25, 0.3) is 11.2 Å². The number of primary amides is 2. The van der Waals surface area contributed by atoms with Crippen LogP contribution in [0.5, 0.6) is 0 Å². The first-order valence-electron chi connectivity index (χ1n) is 6.40. The third kappa shape index (κ3) is 3.97. The Bertz CT molecular complexity index is 845. The minimum absolute atomic E-state index is 0.0703. The van der Waals surface area contributed by atoms with Crippen LogP contribution in [0, 0.1) is 0 Å². The summed E-state index contributed by atoms with van der Waals surface area (Å²) < 4.78 is 0. The molecule has 3 aromatic heterocycles. The maximum absolute atomic E-state index is 10.8. The van der Waals surface area contributed by atoms with Gasteiger partial charge in [0.2, 0.25) is 5.91 Å². The second kappa shape index (κ2) is 6.93. The lowest BCUT2D eigenvalue weighted by Crippen LogP contribution is -2.20. The third-order valence-electron chi connectivity index (χ3n) is 2.75. The van der Waals surface area contributed by atoms with Crippen LogP contribution in [0.3, 0.4) is 0 Å². The molecule has 3 rings (SSSR count). The van der Waals surface area contributed by atoms with Gasteiger partial charge < -0.3 is 22.2 Å². The van der Waals surface area contributed by atoms with Crippen LogP contribution in [-0.4, -0.2) is 36.7 Å². The number of aromatic amines is 1. The number of nitrogens with two attached hydrogens (primary N) is 3. The number of carbonyl (C=O) groups excluding carboxylic acids is 2. The molecule has 0 radical (unpaired) electrons. The van der Waals surface area contributed by atoms with Gasteiger partial charge in [0.25, 0.3) is 5.91 Å². The van der Waals surface area contributed by atoms with E-state index in [1.807, 2.05) is 0 Å². The first-order chi connectivity index (χ1) is 11.0. The summed E-state index contributed by atoms with van der Waals surface area (Å²) in [6.07, 6.45) is 4.33. The number of nitrogens with zero attached hydrogens (tertiary/aromatic N) is 4. The number of hydrogen-bond acceptors (Lipinski definition) is 7. The van der Waals surface area contributed by atoms with E-state index in [1.54, 1.807) is 6.07 Å². The van der Waals surface area contributed by atoms with Gasteiger partial charge in [0, 0.05) is 6.20 Å². The molecule has 0 unspecified atom stereocenters. The maximum Gasteiger partial charge on any atom is 0.250 e. The third-order valence-corrected chi connectivity index (χ3v) is 2.75. The summed E-state index contributed by atoms with van der Waals surface area (Å²) in [5, 5.41) is 0. The van der Waals surface area contributed by atoms with Crippen LogP contribution in [0.15, 0.2) is 31.0 Å². The van der Waals surface area contributed by atoms with Gasteiger partial charge in [-0.15, -0.1) is 0 Å². The van der Waals surface area contributed by atoms with E-state index >= 15 is 0 Å². The molecule has 118 valence electrons. The van der Waals surface area contributed by atoms with Gasteiger partial charge in [-0.3, -0.25) is 14.6 Å². The lowest BCUT2D eigenvalue weighted by molar-refractivity contribution is -0.117. The monoisotopic (exact) mass is 314 g/mol. The maximum atomic E-state index is 10.8. The molecule has 10 nitrogen and oxygen atoms in total. The van der Waals surface area contributed by atoms with Crippen LogP contribution in [-0.2, 0) is 11.2 Å². The van der Waals surface area contributed by atoms with Gasteiger partial charge in [-0.2, -0.15) is 0 Å². The number of nitrogen functional groups attached to an aromatic ring is 1. The summed E-state index contributed by atoms with van der Waals surface area (Å²) in [5.41, 5.74) is 17.4. The van der Waals surface area contributed by atoms with Gasteiger partial charge in [-0.25, -0.2) is 15.0 Å². The zero-order valence-electron chi connectivity index (χ0n) is 11.9. The Morgan fingerprint density at radius 2 is 1.91 bits per heavy atom. The van der Waals surface area contributed by atoms with E-state index in [2.05, 4.69) is 24.9 Å². The van der Waals surface area contributed by atoms with E-state index in [0.29, 0.717) is 22.7 Å². The Labute approximate surface area is 130 Å². The van der Waals surface area contributed by atoms with E-state index in [0.717, 1.165) is 0 Å². The molecule has 10 heteroatoms. The van der Waals surface area contributed by atoms with E-state index in [9.17, 15) is 9.59 Å². The van der Waals surface area contributed by atoms with Crippen molar-refractivity contribution >= 4 is 28.8 Å². The van der Waals surface area contributed by atoms with Crippen molar-refractivity contribution < 1.29 is 9.59 Å². The van der Waals surface area contributed by atoms with Crippen molar-refractivity contribution in [3.63, 3.8) is 0 Å². The Morgan fingerprint density at radius 3 is 2.57 bits per heavy atom. The number of carbonyl (C=O) groups is 2. The molecule has 23 heavy (non-hydrogen) atoms. The molecule has 0 aliphatic heterocycles. The first-order valence-corrected chi connectivity index (χ1v) is 6.40. The smallest absolute Gasteiger partial charge is 0.250 e. The summed E-state index contributed by atoms with van der Waals surface area (Å²) in [5.74, 6) is -0.715. The predicted octanol–water partition coefficient (Wildman–Crippen LogP) is -0.857. The lowest BCUT2D eigenvalue weighted by Gasteiger charge is -2.01. The van der Waals surface area contributed by atoms with E-state index in [-0.39, 0.29) is 12.0 Å². The highest BCUT2D eigenvalue weighted by Gasteiger charge is 2.10. The van der Waals surface area contributed by atoms with E-state index in [1.165, 1.54) is 24.9 Å². The van der Waals surface area contributed by atoms with Gasteiger partial charge in [0.1, 0.15) is 11.8 Å². The number of pyridine rings is 1. The van der Waals surface area contributed by atoms with Gasteiger partial charge >= 0.3 is 0 Å². The molecule has 0 saturated carbocycles. The van der Waals surface area contributed by atoms with Crippen molar-refractivity contribution in [1.82, 2.24) is 24.9 Å². The largest absolute Gasteiger partial charge is 0.382 e. The van der Waals surface area contributed by atoms with Crippen LogP contribution in [0.2, 0.25) is 0 Å². The van der Waals surface area contributed by atoms with Crippen molar-refractivity contribution in [2.45, 2.75) is 6.42 Å². The van der Waals surface area contributed by atoms with Crippen LogP contribution < -0.4 is 17.2 Å². The molecular weight excluding hydrogens is 300 g/mol. The van der Waals surface area contributed by atoms with Gasteiger partial charge in [-0.05, 0) is 12.1 Å². The second-order valence-electron chi connectivity index (χ2n) is 4.37. The molecule has 0 fully saturated rings. The van der Waals surface area contributed by atoms with Crippen molar-refractivity contribution in [1.29, 1.82) is 0 Å². The number of hydrogen-bond donors (Lipinski definition) is 4. The van der Waals surface area contributed by atoms with Gasteiger partial charge in [0.15, 0.2) is 11.5 Å². The van der Waals surface area contributed by atoms with Crippen LogP contribution in [0.1, 0.15) is 16.1 Å². The van der Waals surface area contributed by atoms with Crippen LogP contribution >= 0.6 is 0 Å². The van der Waals surface area contributed by atoms with Crippen molar-refractivity contribution in [2.75, 3.05) is 5.73 Å². The average Bonchev–Trinajstić information content (AvgIpc) is 2.97. The number of rotatable bonds is 3. The fraction of sp³-hybridized carbons (Fsp3) is 0.0769. The fourth-order valence-corrected chi connectivity index (χ4v) is 1.75. The van der Waals surface area contributed by atoms with Crippen molar-refractivity contribution in [2.24, 2.45) is 11.5 Å². The molecule has 0 aromatic carbocycles. The quantitative estimate of drug-likeness (QED) is 0.485. The summed E-state index contributed by atoms with van der Waals surface area (Å²) in [7, 11) is 0. The standard InChI is InChI=1S/C8H9N3O2.C5H5N5/c9-7(12)4-6-5(8(10)13)2-1-3-11-6;6-4-3-5(9-1-7-3)10-2-8-4/h1-3H,4H2,(H2,9,12)(H2,10,13);1-2H,(H3,6,7,8,9,10). The average molecular weight is 314 g/mol. The number of H-pyrrole nitrogens is 1. The molecule has 0 aliphatic rings. The van der Waals surface area contributed by atoms with Crippen molar-refractivity contribution in [3.05, 3.63) is 42.2 Å². The summed E-state index contributed by atoms with van der Waals surface area (Å²) in [4.78, 5) is 39.6. The van der Waals surface area contributed by atoms with Crippen LogP contribution in [0.4, 0.5) is 5.82 Å². The SMILES string of the molecule is NC(=O)Cc1ncccc1C(N)=O.Nc1ncnc2nc[nH]c12. The van der Waals surface area contributed by atoms with Gasteiger partial charge in [-0.1, -0.05) is 0 Å². The molecule has 0 spiro atoms. The van der Waals surface area contributed by atoms with E-state index < -0.39 is 11.8 Å². The topological polar surface area (TPSA) is 180 Å². The fourth-order valence-electron chi connectivity index (χ4n) is 1.75. The second-order valence-corrected chi connectivity index (χ2v) is 4.37. The number of anilines is 1. The highest BCUT2D eigenvalue weighted by molar-refractivity contribution is 5.95. The summed E-state index contributed by atoms with van der Waals surface area (Å²) >= 11 is 0. The number of imidazole rings is 1. The Balaban J connectivity index is 0.000000172. The number of fused-ring (bicyclic) bond motifs is 1. The molecule has 0 bridgehead atoms. The minimum Gasteiger partial charge on any atom is -0.382 e. The van der Waals surface area contributed by atoms with Gasteiger partial charge in [0.05, 0.1) is 24.0 Å². The molecule has 2 amide bonds. The number of nitrogens with one attached hydrogen (secondary N) is 1. The highest BCUT2D eigenvalue weighted by Crippen LogP contribution is 2.09. The molecule has 0 atom stereocenters. The minimum atomic E-state index is -0.607. The van der Waals surface area contributed by atoms with E-state index in [4.69, 9.17) is 17.2 Å². The molecule has 0 saturated heterocycles. The normalized spacial score (nSPS) is 9.91. The van der Waals surface area contributed by atoms with Crippen molar-refractivity contribution in [3.8, 4) is 0 Å². The molecule has 7 N–H and O–H groups in total. The Hall–Kier alpha value is -3.56. The predicted molar refractivity (Wildman–Crippen MR) is 81.7 cm³/mol. The Kier molecular flexibility index (Phi) is 4.77. The zero-order chi connectivity index (χ0) is 16.8. The molecule has 3 aromatic rings. The molecule has 0 aliphatic carbocycles.